The Hall–Kier alpha value is -5.38. The van der Waals surface area contributed by atoms with Crippen LogP contribution in [0.5, 0.6) is 17.2 Å². The summed E-state index contributed by atoms with van der Waals surface area (Å²) >= 11 is 0. The minimum Gasteiger partial charge on any atom is -0.497 e. The number of benzene rings is 3. The number of rotatable bonds is 11. The lowest BCUT2D eigenvalue weighted by atomic mass is 10.0. The van der Waals surface area contributed by atoms with E-state index in [0.717, 1.165) is 10.5 Å². The van der Waals surface area contributed by atoms with Crippen molar-refractivity contribution in [2.75, 3.05) is 18.6 Å². The number of urea groups is 1. The van der Waals surface area contributed by atoms with Gasteiger partial charge in [-0.1, -0.05) is 18.2 Å². The molecule has 1 heterocycles. The average Bonchev–Trinajstić information content (AvgIpc) is 2.95. The Morgan fingerprint density at radius 1 is 1.02 bits per heavy atom. The van der Waals surface area contributed by atoms with Crippen LogP contribution in [-0.2, 0) is 22.6 Å². The number of nitrogens with one attached hydrogen (secondary N) is 1. The summed E-state index contributed by atoms with van der Waals surface area (Å²) in [5.41, 5.74) is 2.12. The Bertz CT molecular complexity index is 1520. The second-order valence-electron chi connectivity index (χ2n) is 8.88. The third-order valence-corrected chi connectivity index (χ3v) is 6.15. The molecule has 0 aromatic heterocycles. The molecule has 0 spiro atoms. The molecule has 0 unspecified atom stereocenters. The van der Waals surface area contributed by atoms with Crippen LogP contribution in [0.4, 0.5) is 10.5 Å². The van der Waals surface area contributed by atoms with Gasteiger partial charge in [0.05, 0.1) is 25.0 Å². The third-order valence-electron chi connectivity index (χ3n) is 6.15. The molecule has 3 aromatic rings. The number of hydrogen-bond donors (Lipinski definition) is 2. The molecule has 4 rings (SSSR count). The molecule has 10 heteroatoms. The Morgan fingerprint density at radius 2 is 1.73 bits per heavy atom. The highest BCUT2D eigenvalue weighted by Gasteiger charge is 2.37. The molecule has 0 bridgehead atoms. The van der Waals surface area contributed by atoms with Crippen molar-refractivity contribution in [2.45, 2.75) is 20.0 Å². The van der Waals surface area contributed by atoms with Gasteiger partial charge < -0.3 is 19.3 Å². The van der Waals surface area contributed by atoms with Gasteiger partial charge in [-0.2, -0.15) is 0 Å². The van der Waals surface area contributed by atoms with E-state index in [2.05, 4.69) is 11.9 Å². The van der Waals surface area contributed by atoms with Gasteiger partial charge >= 0.3 is 12.0 Å². The lowest BCUT2D eigenvalue weighted by Crippen LogP contribution is -2.54. The molecule has 0 atom stereocenters. The zero-order valence-electron chi connectivity index (χ0n) is 22.5. The van der Waals surface area contributed by atoms with E-state index in [-0.39, 0.29) is 23.4 Å². The quantitative estimate of drug-likeness (QED) is 0.196. The van der Waals surface area contributed by atoms with Crippen LogP contribution in [0.25, 0.3) is 6.08 Å². The largest absolute Gasteiger partial charge is 0.497 e. The summed E-state index contributed by atoms with van der Waals surface area (Å²) in [6, 6.07) is 15.1. The number of carboxylic acid groups (broad SMARTS) is 1. The van der Waals surface area contributed by atoms with E-state index >= 15 is 0 Å². The van der Waals surface area contributed by atoms with Gasteiger partial charge in [0.15, 0.2) is 11.5 Å². The van der Waals surface area contributed by atoms with Crippen molar-refractivity contribution in [3.8, 4) is 17.2 Å². The smallest absolute Gasteiger partial charge is 0.335 e. The number of carbonyl (C=O) groups is 4. The van der Waals surface area contributed by atoms with Crippen molar-refractivity contribution < 1.29 is 38.5 Å². The average molecular weight is 557 g/mol. The van der Waals surface area contributed by atoms with E-state index < -0.39 is 23.8 Å². The van der Waals surface area contributed by atoms with Crippen molar-refractivity contribution in [3.63, 3.8) is 0 Å². The van der Waals surface area contributed by atoms with Crippen LogP contribution < -0.4 is 24.4 Å². The van der Waals surface area contributed by atoms with E-state index in [1.807, 2.05) is 6.92 Å². The SMILES string of the molecule is C=CCc1cc(/C=C2\C(=O)NC(=O)N(c3ccc(OC)cc3)C2=O)cc(OCC)c1OCc1ccc(C(=O)O)cc1. The van der Waals surface area contributed by atoms with Crippen LogP contribution in [0, 0.1) is 0 Å². The number of ether oxygens (including phenoxy) is 3. The molecule has 10 nitrogen and oxygen atoms in total. The van der Waals surface area contributed by atoms with Gasteiger partial charge in [0.1, 0.15) is 17.9 Å². The minimum absolute atomic E-state index is 0.143. The number of imide groups is 2. The first kappa shape index (κ1) is 28.6. The summed E-state index contributed by atoms with van der Waals surface area (Å²) in [7, 11) is 1.50. The fraction of sp³-hybridized carbons (Fsp3) is 0.161. The van der Waals surface area contributed by atoms with Crippen molar-refractivity contribution in [2.24, 2.45) is 0 Å². The summed E-state index contributed by atoms with van der Waals surface area (Å²) in [4.78, 5) is 50.7. The fourth-order valence-electron chi connectivity index (χ4n) is 4.19. The maximum Gasteiger partial charge on any atom is 0.335 e. The molecular weight excluding hydrogens is 528 g/mol. The molecule has 4 amide bonds. The number of anilines is 1. The first-order chi connectivity index (χ1) is 19.7. The molecule has 0 saturated carbocycles. The number of aromatic carboxylic acids is 1. The van der Waals surface area contributed by atoms with Gasteiger partial charge in [-0.15, -0.1) is 6.58 Å². The molecule has 2 N–H and O–H groups in total. The molecule has 210 valence electrons. The zero-order chi connectivity index (χ0) is 29.5. The van der Waals surface area contributed by atoms with Gasteiger partial charge in [-0.3, -0.25) is 14.9 Å². The predicted molar refractivity (Wildman–Crippen MR) is 151 cm³/mol. The van der Waals surface area contributed by atoms with Crippen molar-refractivity contribution in [1.82, 2.24) is 5.32 Å². The first-order valence-electron chi connectivity index (χ1n) is 12.7. The van der Waals surface area contributed by atoms with Gasteiger partial charge in [-0.05, 0) is 79.1 Å². The maximum atomic E-state index is 13.4. The van der Waals surface area contributed by atoms with Gasteiger partial charge in [-0.25, -0.2) is 14.5 Å². The normalized spacial score (nSPS) is 14.0. The number of amides is 4. The molecule has 1 aliphatic heterocycles. The fourth-order valence-corrected chi connectivity index (χ4v) is 4.19. The Balaban J connectivity index is 1.68. The molecule has 1 aliphatic rings. The van der Waals surface area contributed by atoms with Gasteiger partial charge in [0, 0.05) is 5.56 Å². The molecule has 1 fully saturated rings. The van der Waals surface area contributed by atoms with Crippen molar-refractivity contribution in [3.05, 3.63) is 101 Å². The number of nitrogens with zero attached hydrogens (tertiary/aromatic N) is 1. The number of allylic oxidation sites excluding steroid dienone is 1. The molecule has 0 aliphatic carbocycles. The second kappa shape index (κ2) is 12.6. The van der Waals surface area contributed by atoms with Crippen molar-refractivity contribution >= 4 is 35.6 Å². The number of methoxy groups -OCH3 is 1. The summed E-state index contributed by atoms with van der Waals surface area (Å²) in [5.74, 6) is -1.24. The van der Waals surface area contributed by atoms with Gasteiger partial charge in [0.25, 0.3) is 11.8 Å². The van der Waals surface area contributed by atoms with E-state index in [1.54, 1.807) is 54.6 Å². The lowest BCUT2D eigenvalue weighted by Gasteiger charge is -2.26. The highest BCUT2D eigenvalue weighted by atomic mass is 16.5. The highest BCUT2D eigenvalue weighted by Crippen LogP contribution is 2.36. The van der Waals surface area contributed by atoms with Crippen LogP contribution in [-0.4, -0.2) is 42.6 Å². The Labute approximate surface area is 236 Å². The zero-order valence-corrected chi connectivity index (χ0v) is 22.5. The second-order valence-corrected chi connectivity index (χ2v) is 8.88. The van der Waals surface area contributed by atoms with Crippen LogP contribution in [0.2, 0.25) is 0 Å². The predicted octanol–water partition coefficient (Wildman–Crippen LogP) is 4.77. The molecule has 3 aromatic carbocycles. The standard InChI is InChI=1S/C31H28N2O8/c1-4-6-22-15-20(17-26(40-5-2)27(22)41-18-19-7-9-21(10-8-19)30(36)37)16-25-28(34)32-31(38)33(29(25)35)23-11-13-24(39-3)14-12-23/h4,7-17H,1,5-6,18H2,2-3H3,(H,36,37)(H,32,34,38)/b25-16+. The number of carbonyl (C=O) groups excluding carboxylic acids is 3. The summed E-state index contributed by atoms with van der Waals surface area (Å²) in [6.07, 6.45) is 3.46. The molecule has 41 heavy (non-hydrogen) atoms. The first-order valence-corrected chi connectivity index (χ1v) is 12.7. The van der Waals surface area contributed by atoms with E-state index in [1.165, 1.54) is 25.3 Å². The van der Waals surface area contributed by atoms with Crippen LogP contribution in [0.15, 0.2) is 78.9 Å². The molecule has 0 radical (unpaired) electrons. The Morgan fingerprint density at radius 3 is 2.34 bits per heavy atom. The molecule has 1 saturated heterocycles. The third kappa shape index (κ3) is 6.44. The number of barbiturate groups is 1. The van der Waals surface area contributed by atoms with E-state index in [9.17, 15) is 19.2 Å². The topological polar surface area (TPSA) is 131 Å². The van der Waals surface area contributed by atoms with Crippen molar-refractivity contribution in [1.29, 1.82) is 0 Å². The van der Waals surface area contributed by atoms with E-state index in [4.69, 9.17) is 19.3 Å². The van der Waals surface area contributed by atoms with Crippen LogP contribution >= 0.6 is 0 Å². The van der Waals surface area contributed by atoms with Crippen LogP contribution in [0.3, 0.4) is 0 Å². The summed E-state index contributed by atoms with van der Waals surface area (Å²) < 4.78 is 17.1. The lowest BCUT2D eigenvalue weighted by molar-refractivity contribution is -0.122. The van der Waals surface area contributed by atoms with E-state index in [0.29, 0.717) is 41.4 Å². The van der Waals surface area contributed by atoms with Crippen LogP contribution in [0.1, 0.15) is 34.0 Å². The minimum atomic E-state index is -1.02. The summed E-state index contributed by atoms with van der Waals surface area (Å²) in [5, 5.41) is 11.3. The van der Waals surface area contributed by atoms with Gasteiger partial charge in [0.2, 0.25) is 0 Å². The monoisotopic (exact) mass is 556 g/mol. The highest BCUT2D eigenvalue weighted by molar-refractivity contribution is 6.39. The number of hydrogen-bond acceptors (Lipinski definition) is 7. The number of carboxylic acids is 1. The summed E-state index contributed by atoms with van der Waals surface area (Å²) in [6.45, 7) is 6.08. The Kier molecular flexibility index (Phi) is 8.83. The molecular formula is C31H28N2O8. The maximum absolute atomic E-state index is 13.4.